The molecule has 1 N–H and O–H groups in total. The Bertz CT molecular complexity index is 426. The molecule has 7 heteroatoms. The highest BCUT2D eigenvalue weighted by Gasteiger charge is 2.35. The van der Waals surface area contributed by atoms with E-state index in [2.05, 4.69) is 15.5 Å². The third kappa shape index (κ3) is 3.51. The van der Waals surface area contributed by atoms with Crippen LogP contribution in [-0.2, 0) is 27.4 Å². The third-order valence-electron chi connectivity index (χ3n) is 3.13. The minimum absolute atomic E-state index is 0.140. The van der Waals surface area contributed by atoms with Crippen molar-refractivity contribution < 1.29 is 18.8 Å². The molecular weight excluding hydrogens is 250 g/mol. The maximum Gasteiger partial charge on any atom is 0.252 e. The molecular formula is C12H19N3O4. The van der Waals surface area contributed by atoms with Crippen LogP contribution in [0.3, 0.4) is 0 Å². The first-order valence-electron chi connectivity index (χ1n) is 6.37. The van der Waals surface area contributed by atoms with E-state index in [0.717, 1.165) is 19.3 Å². The molecule has 1 aliphatic heterocycles. The summed E-state index contributed by atoms with van der Waals surface area (Å²) in [5.41, 5.74) is -0.742. The van der Waals surface area contributed by atoms with Crippen LogP contribution < -0.4 is 5.32 Å². The van der Waals surface area contributed by atoms with Gasteiger partial charge in [0.25, 0.3) is 5.91 Å². The highest BCUT2D eigenvalue weighted by molar-refractivity contribution is 5.84. The Morgan fingerprint density at radius 3 is 3.05 bits per heavy atom. The largest absolute Gasteiger partial charge is 0.377 e. The summed E-state index contributed by atoms with van der Waals surface area (Å²) in [6.07, 6.45) is 2.74. The molecule has 0 bridgehead atoms. The van der Waals surface area contributed by atoms with Gasteiger partial charge in [-0.15, -0.1) is 0 Å². The van der Waals surface area contributed by atoms with Gasteiger partial charge in [-0.3, -0.25) is 4.79 Å². The summed E-state index contributed by atoms with van der Waals surface area (Å²) in [5.74, 6) is 0.686. The van der Waals surface area contributed by atoms with Crippen LogP contribution in [0.5, 0.6) is 0 Å². The van der Waals surface area contributed by atoms with Gasteiger partial charge in [-0.2, -0.15) is 4.98 Å². The Kier molecular flexibility index (Phi) is 4.49. The van der Waals surface area contributed by atoms with E-state index in [1.807, 2.05) is 6.92 Å². The fourth-order valence-electron chi connectivity index (χ4n) is 2.01. The maximum absolute atomic E-state index is 12.1. The zero-order chi connectivity index (χ0) is 13.7. The van der Waals surface area contributed by atoms with Gasteiger partial charge in [-0.1, -0.05) is 5.16 Å². The number of hydrogen-bond donors (Lipinski definition) is 1. The summed E-state index contributed by atoms with van der Waals surface area (Å²) >= 11 is 0. The van der Waals surface area contributed by atoms with Gasteiger partial charge in [-0.05, 0) is 26.2 Å². The van der Waals surface area contributed by atoms with Gasteiger partial charge in [0, 0.05) is 13.7 Å². The van der Waals surface area contributed by atoms with Crippen molar-refractivity contribution in [2.45, 2.75) is 44.9 Å². The summed E-state index contributed by atoms with van der Waals surface area (Å²) in [6.45, 7) is 2.93. The van der Waals surface area contributed by atoms with Crippen molar-refractivity contribution in [1.29, 1.82) is 0 Å². The molecule has 1 aromatic rings. The molecule has 1 amide bonds. The number of nitrogens with one attached hydrogen (secondary N) is 1. The third-order valence-corrected chi connectivity index (χ3v) is 3.13. The molecule has 0 saturated carbocycles. The quantitative estimate of drug-likeness (QED) is 0.850. The SMILES string of the molecule is COCc1noc(CNC(=O)C2(C)CCCCO2)n1. The number of carbonyl (C=O) groups excluding carboxylic acids is 1. The average Bonchev–Trinajstić information content (AvgIpc) is 2.85. The van der Waals surface area contributed by atoms with Crippen molar-refractivity contribution in [1.82, 2.24) is 15.5 Å². The Hall–Kier alpha value is -1.47. The summed E-state index contributed by atoms with van der Waals surface area (Å²) < 4.78 is 15.4. The minimum atomic E-state index is -0.742. The number of nitrogens with zero attached hydrogens (tertiary/aromatic N) is 2. The standard InChI is InChI=1S/C12H19N3O4/c1-12(5-3-4-6-18-12)11(16)13-7-10-14-9(8-17-2)15-19-10/h3-8H2,1-2H3,(H,13,16). The molecule has 2 heterocycles. The van der Waals surface area contributed by atoms with Crippen LogP contribution in [-0.4, -0.2) is 35.4 Å². The van der Waals surface area contributed by atoms with Crippen LogP contribution in [0, 0.1) is 0 Å². The lowest BCUT2D eigenvalue weighted by atomic mass is 9.95. The number of rotatable bonds is 5. The van der Waals surface area contributed by atoms with Gasteiger partial charge in [-0.25, -0.2) is 0 Å². The Morgan fingerprint density at radius 2 is 2.37 bits per heavy atom. The average molecular weight is 269 g/mol. The van der Waals surface area contributed by atoms with Gasteiger partial charge in [0.2, 0.25) is 5.89 Å². The second kappa shape index (κ2) is 6.12. The number of aromatic nitrogens is 2. The van der Waals surface area contributed by atoms with E-state index >= 15 is 0 Å². The van der Waals surface area contributed by atoms with Crippen LogP contribution in [0.15, 0.2) is 4.52 Å². The van der Waals surface area contributed by atoms with E-state index in [-0.39, 0.29) is 19.1 Å². The molecule has 106 valence electrons. The van der Waals surface area contributed by atoms with E-state index in [1.165, 1.54) is 0 Å². The number of amides is 1. The van der Waals surface area contributed by atoms with Crippen molar-refractivity contribution >= 4 is 5.91 Å². The minimum Gasteiger partial charge on any atom is -0.377 e. The van der Waals surface area contributed by atoms with Crippen molar-refractivity contribution in [3.8, 4) is 0 Å². The smallest absolute Gasteiger partial charge is 0.252 e. The number of carbonyl (C=O) groups is 1. The second-order valence-electron chi connectivity index (χ2n) is 4.76. The molecule has 7 nitrogen and oxygen atoms in total. The number of methoxy groups -OCH3 is 1. The van der Waals surface area contributed by atoms with Crippen molar-refractivity contribution in [2.24, 2.45) is 0 Å². The van der Waals surface area contributed by atoms with Gasteiger partial charge in [0.1, 0.15) is 12.2 Å². The maximum atomic E-state index is 12.1. The van der Waals surface area contributed by atoms with E-state index in [0.29, 0.717) is 18.3 Å². The van der Waals surface area contributed by atoms with E-state index in [1.54, 1.807) is 7.11 Å². The number of ether oxygens (including phenoxy) is 2. The van der Waals surface area contributed by atoms with Crippen molar-refractivity contribution in [3.05, 3.63) is 11.7 Å². The summed E-state index contributed by atoms with van der Waals surface area (Å²) in [7, 11) is 1.55. The van der Waals surface area contributed by atoms with Crippen LogP contribution in [0.2, 0.25) is 0 Å². The molecule has 2 rings (SSSR count). The zero-order valence-electron chi connectivity index (χ0n) is 11.3. The van der Waals surface area contributed by atoms with Crippen LogP contribution in [0.25, 0.3) is 0 Å². The van der Waals surface area contributed by atoms with Crippen LogP contribution in [0.1, 0.15) is 37.9 Å². The first kappa shape index (κ1) is 14.0. The predicted molar refractivity (Wildman–Crippen MR) is 65.1 cm³/mol. The zero-order valence-corrected chi connectivity index (χ0v) is 11.3. The summed E-state index contributed by atoms with van der Waals surface area (Å²) in [4.78, 5) is 16.2. The van der Waals surface area contributed by atoms with E-state index in [4.69, 9.17) is 14.0 Å². The van der Waals surface area contributed by atoms with E-state index < -0.39 is 5.60 Å². The monoisotopic (exact) mass is 269 g/mol. The predicted octanol–water partition coefficient (Wildman–Crippen LogP) is 0.791. The Morgan fingerprint density at radius 1 is 1.53 bits per heavy atom. The van der Waals surface area contributed by atoms with Gasteiger partial charge in [0.05, 0.1) is 6.54 Å². The summed E-state index contributed by atoms with van der Waals surface area (Å²) in [6, 6.07) is 0. The highest BCUT2D eigenvalue weighted by Crippen LogP contribution is 2.24. The molecule has 19 heavy (non-hydrogen) atoms. The van der Waals surface area contributed by atoms with Crippen molar-refractivity contribution in [2.75, 3.05) is 13.7 Å². The normalized spacial score (nSPS) is 23.3. The second-order valence-corrected chi connectivity index (χ2v) is 4.76. The van der Waals surface area contributed by atoms with Crippen molar-refractivity contribution in [3.63, 3.8) is 0 Å². The molecule has 1 aliphatic rings. The topological polar surface area (TPSA) is 86.5 Å². The fourth-order valence-corrected chi connectivity index (χ4v) is 2.01. The molecule has 1 atom stereocenters. The Labute approximate surface area is 111 Å². The molecule has 1 saturated heterocycles. The fraction of sp³-hybridized carbons (Fsp3) is 0.750. The first-order chi connectivity index (χ1) is 9.14. The molecule has 1 unspecified atom stereocenters. The van der Waals surface area contributed by atoms with E-state index in [9.17, 15) is 4.79 Å². The van der Waals surface area contributed by atoms with Crippen LogP contribution >= 0.6 is 0 Å². The molecule has 1 aromatic heterocycles. The number of hydrogen-bond acceptors (Lipinski definition) is 6. The molecule has 1 fully saturated rings. The molecule has 0 aromatic carbocycles. The molecule has 0 spiro atoms. The van der Waals surface area contributed by atoms with Crippen LogP contribution in [0.4, 0.5) is 0 Å². The first-order valence-corrected chi connectivity index (χ1v) is 6.37. The summed E-state index contributed by atoms with van der Waals surface area (Å²) in [5, 5.41) is 6.48. The van der Waals surface area contributed by atoms with Gasteiger partial charge >= 0.3 is 0 Å². The highest BCUT2D eigenvalue weighted by atomic mass is 16.5. The van der Waals surface area contributed by atoms with Gasteiger partial charge < -0.3 is 19.3 Å². The lowest BCUT2D eigenvalue weighted by Gasteiger charge is -2.32. The molecule has 0 radical (unpaired) electrons. The lowest BCUT2D eigenvalue weighted by Crippen LogP contribution is -2.48. The Balaban J connectivity index is 1.85. The van der Waals surface area contributed by atoms with Gasteiger partial charge in [0.15, 0.2) is 5.82 Å². The molecule has 0 aliphatic carbocycles. The lowest BCUT2D eigenvalue weighted by molar-refractivity contribution is -0.150.